The summed E-state index contributed by atoms with van der Waals surface area (Å²) in [6, 6.07) is -1.58. The molecule has 0 aliphatic heterocycles. The van der Waals surface area contributed by atoms with Crippen molar-refractivity contribution >= 4 is 25.7 Å². The zero-order valence-electron chi connectivity index (χ0n) is 37.4. The number of esters is 2. The fraction of sp³-hybridized carbons (Fsp3) is 0.604. The van der Waals surface area contributed by atoms with Gasteiger partial charge in [-0.15, -0.1) is 0 Å². The summed E-state index contributed by atoms with van der Waals surface area (Å²) in [6.45, 7) is 2.25. The van der Waals surface area contributed by atoms with Crippen LogP contribution >= 0.6 is 7.82 Å². The van der Waals surface area contributed by atoms with Crippen LogP contribution in [0.25, 0.3) is 0 Å². The molecule has 1 unspecified atom stereocenters. The van der Waals surface area contributed by atoms with Gasteiger partial charge in [0.25, 0.3) is 0 Å². The van der Waals surface area contributed by atoms with Crippen molar-refractivity contribution in [3.05, 3.63) is 97.2 Å². The lowest BCUT2D eigenvalue weighted by Crippen LogP contribution is -2.34. The van der Waals surface area contributed by atoms with Crippen molar-refractivity contribution in [3.8, 4) is 0 Å². The van der Waals surface area contributed by atoms with E-state index in [1.165, 1.54) is 0 Å². The largest absolute Gasteiger partial charge is 0.480 e. The molecule has 0 aromatic heterocycles. The maximum absolute atomic E-state index is 12.7. The molecule has 0 radical (unpaired) electrons. The van der Waals surface area contributed by atoms with Gasteiger partial charge < -0.3 is 40.5 Å². The van der Waals surface area contributed by atoms with E-state index in [1.54, 1.807) is 6.08 Å². The molecule has 7 N–H and O–H groups in total. The third-order valence-corrected chi connectivity index (χ3v) is 10.9. The van der Waals surface area contributed by atoms with Gasteiger partial charge in [0.15, 0.2) is 6.10 Å². The van der Waals surface area contributed by atoms with Crippen molar-refractivity contribution in [3.63, 3.8) is 0 Å². The lowest BCUT2D eigenvalue weighted by Gasteiger charge is -2.20. The van der Waals surface area contributed by atoms with Gasteiger partial charge in [0.05, 0.1) is 31.5 Å². The molecule has 63 heavy (non-hydrogen) atoms. The summed E-state index contributed by atoms with van der Waals surface area (Å²) in [5.74, 6) is -3.20. The van der Waals surface area contributed by atoms with E-state index < -0.39 is 76.0 Å². The molecule has 0 bridgehead atoms. The van der Waals surface area contributed by atoms with E-state index >= 15 is 0 Å². The normalized spacial score (nSPS) is 21.0. The Hall–Kier alpha value is -3.72. The number of allylic oxidation sites excluding steroid dienone is 14. The average molecular weight is 906 g/mol. The Balaban J connectivity index is 2.55. The van der Waals surface area contributed by atoms with E-state index in [9.17, 15) is 39.2 Å². The second kappa shape index (κ2) is 36.6. The van der Waals surface area contributed by atoms with Gasteiger partial charge in [-0.05, 0) is 76.5 Å². The van der Waals surface area contributed by atoms with Crippen LogP contribution in [0.2, 0.25) is 0 Å². The third kappa shape index (κ3) is 30.9. The standard InChI is InChI=1S/C48H76NO13P/c1-3-5-7-8-9-10-11-12-13-14-15-16-17-18-19-20-21-22-28-32-47(54)62-40(37-60-63(57,58)61-38-43(49)48(55)56)36-59-46(53)31-27-24-23-26-30-41-42(45(52)35-44(41)51)34-33-39(50)29-25-6-4-2/h5,7,9-10,12-13,15-16,18-19,21-23,26,33-34,39-45,50-52H,3-4,6,8,11,14,17,20,24-25,27-32,35-38,49H2,1-2H3,(H,55,56)(H,57,58)/b7-5-,10-9-,13-12-,16-15-,19-18-,22-21-,26-23+,34-33+/t39-,40+,41+,42+,43-,44-,45+/m0/s1. The summed E-state index contributed by atoms with van der Waals surface area (Å²) in [6.07, 6.45) is 40.2. The first-order valence-electron chi connectivity index (χ1n) is 22.5. The van der Waals surface area contributed by atoms with E-state index in [4.69, 9.17) is 24.8 Å². The van der Waals surface area contributed by atoms with Crippen LogP contribution in [0.5, 0.6) is 0 Å². The van der Waals surface area contributed by atoms with Crippen LogP contribution in [0, 0.1) is 11.8 Å². The van der Waals surface area contributed by atoms with Gasteiger partial charge in [-0.3, -0.25) is 23.4 Å². The number of ether oxygens (including phenoxy) is 2. The van der Waals surface area contributed by atoms with Crippen LogP contribution in [0.4, 0.5) is 0 Å². The molecule has 1 rings (SSSR count). The highest BCUT2D eigenvalue weighted by molar-refractivity contribution is 7.47. The summed E-state index contributed by atoms with van der Waals surface area (Å²) < 4.78 is 32.6. The zero-order chi connectivity index (χ0) is 46.6. The number of carboxylic acid groups (broad SMARTS) is 1. The maximum atomic E-state index is 12.7. The molecule has 8 atom stereocenters. The molecule has 1 aliphatic carbocycles. The highest BCUT2D eigenvalue weighted by atomic mass is 31.2. The van der Waals surface area contributed by atoms with Crippen molar-refractivity contribution in [2.45, 2.75) is 153 Å². The molecule has 1 saturated carbocycles. The van der Waals surface area contributed by atoms with Crippen LogP contribution in [0.3, 0.4) is 0 Å². The number of nitrogens with two attached hydrogens (primary N) is 1. The average Bonchev–Trinajstić information content (AvgIpc) is 3.52. The third-order valence-electron chi connectivity index (χ3n) is 9.90. The number of aliphatic hydroxyl groups excluding tert-OH is 3. The number of aliphatic carboxylic acids is 1. The van der Waals surface area contributed by atoms with E-state index in [1.807, 2.05) is 36.5 Å². The number of rotatable bonds is 36. The van der Waals surface area contributed by atoms with Gasteiger partial charge in [0.1, 0.15) is 12.6 Å². The highest BCUT2D eigenvalue weighted by Crippen LogP contribution is 2.43. The van der Waals surface area contributed by atoms with Crippen LogP contribution in [-0.2, 0) is 37.5 Å². The Morgan fingerprint density at radius 2 is 1.29 bits per heavy atom. The Morgan fingerprint density at radius 1 is 0.714 bits per heavy atom. The van der Waals surface area contributed by atoms with Gasteiger partial charge in [-0.2, -0.15) is 0 Å². The highest BCUT2D eigenvalue weighted by Gasteiger charge is 2.39. The van der Waals surface area contributed by atoms with E-state index in [2.05, 4.69) is 73.1 Å². The Bertz CT molecular complexity index is 1550. The summed E-state index contributed by atoms with van der Waals surface area (Å²) in [7, 11) is -4.81. The summed E-state index contributed by atoms with van der Waals surface area (Å²) >= 11 is 0. The first-order valence-corrected chi connectivity index (χ1v) is 24.0. The number of hydrogen-bond acceptors (Lipinski definition) is 12. The number of unbranched alkanes of at least 4 members (excludes halogenated alkanes) is 3. The number of hydrogen-bond donors (Lipinski definition) is 6. The SMILES string of the molecule is CC/C=C\C/C=C\C/C=C\C/C=C\C/C=C\C/C=C\CCC(=O)O[C@H](COC(=O)CCC/C=C/C[C@@H]1[C@@H](/C=C/[C@@H](O)CCCCC)[C@H](O)C[C@@H]1O)COP(=O)(O)OC[C@H](N)C(=O)O. The predicted octanol–water partition coefficient (Wildman–Crippen LogP) is 8.44. The quantitative estimate of drug-likeness (QED) is 0.0150. The number of phosphoric ester groups is 1. The number of carboxylic acids is 1. The lowest BCUT2D eigenvalue weighted by molar-refractivity contribution is -0.161. The molecular formula is C48H76NO13P. The Kier molecular flexibility index (Phi) is 33.3. The molecule has 0 spiro atoms. The van der Waals surface area contributed by atoms with Gasteiger partial charge in [-0.1, -0.05) is 130 Å². The topological polar surface area (TPSA) is 232 Å². The minimum absolute atomic E-state index is 0.0193. The summed E-state index contributed by atoms with van der Waals surface area (Å²) in [4.78, 5) is 46.2. The molecule has 14 nitrogen and oxygen atoms in total. The molecular weight excluding hydrogens is 829 g/mol. The van der Waals surface area contributed by atoms with Gasteiger partial charge in [-0.25, -0.2) is 4.57 Å². The lowest BCUT2D eigenvalue weighted by atomic mass is 9.89. The predicted molar refractivity (Wildman–Crippen MR) is 246 cm³/mol. The fourth-order valence-corrected chi connectivity index (χ4v) is 7.10. The first-order chi connectivity index (χ1) is 30.3. The number of carbonyl (C=O) groups excluding carboxylic acids is 2. The second-order valence-corrected chi connectivity index (χ2v) is 16.9. The van der Waals surface area contributed by atoms with Crippen molar-refractivity contribution in [1.29, 1.82) is 0 Å². The second-order valence-electron chi connectivity index (χ2n) is 15.4. The van der Waals surface area contributed by atoms with E-state index in [0.717, 1.165) is 51.4 Å². The van der Waals surface area contributed by atoms with Crippen LogP contribution in [0.15, 0.2) is 97.2 Å². The molecule has 1 aliphatic rings. The van der Waals surface area contributed by atoms with Crippen LogP contribution in [0.1, 0.15) is 123 Å². The molecule has 15 heteroatoms. The molecule has 1 fully saturated rings. The number of aliphatic hydroxyl groups is 3. The molecule has 0 amide bonds. The van der Waals surface area contributed by atoms with Crippen LogP contribution < -0.4 is 5.73 Å². The van der Waals surface area contributed by atoms with E-state index in [-0.39, 0.29) is 31.1 Å². The first kappa shape index (κ1) is 57.3. The number of carbonyl (C=O) groups is 3. The van der Waals surface area contributed by atoms with Gasteiger partial charge in [0, 0.05) is 25.2 Å². The van der Waals surface area contributed by atoms with Gasteiger partial charge >= 0.3 is 25.7 Å². The fourth-order valence-electron chi connectivity index (χ4n) is 6.32. The Labute approximate surface area is 375 Å². The van der Waals surface area contributed by atoms with Gasteiger partial charge in [0.2, 0.25) is 0 Å². The number of phosphoric acid groups is 1. The zero-order valence-corrected chi connectivity index (χ0v) is 38.3. The minimum atomic E-state index is -4.81. The van der Waals surface area contributed by atoms with Crippen molar-refractivity contribution in [1.82, 2.24) is 0 Å². The molecule has 0 saturated heterocycles. The molecule has 356 valence electrons. The summed E-state index contributed by atoms with van der Waals surface area (Å²) in [5.41, 5.74) is 5.33. The minimum Gasteiger partial charge on any atom is -0.480 e. The Morgan fingerprint density at radius 3 is 1.87 bits per heavy atom. The molecule has 0 heterocycles. The summed E-state index contributed by atoms with van der Waals surface area (Å²) in [5, 5.41) is 40.2. The van der Waals surface area contributed by atoms with Crippen molar-refractivity contribution < 1.29 is 62.8 Å². The van der Waals surface area contributed by atoms with Crippen molar-refractivity contribution in [2.75, 3.05) is 19.8 Å². The molecule has 0 aromatic carbocycles. The maximum Gasteiger partial charge on any atom is 0.472 e. The smallest absolute Gasteiger partial charge is 0.472 e. The van der Waals surface area contributed by atoms with Crippen molar-refractivity contribution in [2.24, 2.45) is 17.6 Å². The van der Waals surface area contributed by atoms with E-state index in [0.29, 0.717) is 38.5 Å². The monoisotopic (exact) mass is 906 g/mol. The molecule has 0 aromatic rings. The van der Waals surface area contributed by atoms with Crippen LogP contribution in [-0.4, -0.2) is 93.5 Å².